The molecular formula is C26H32N4O5. The second-order valence-corrected chi connectivity index (χ2v) is 8.22. The van der Waals surface area contributed by atoms with E-state index in [0.717, 1.165) is 74.9 Å². The van der Waals surface area contributed by atoms with Crippen molar-refractivity contribution >= 4 is 28.5 Å². The van der Waals surface area contributed by atoms with E-state index >= 15 is 0 Å². The number of methoxy groups -OCH3 is 1. The molecule has 35 heavy (non-hydrogen) atoms. The minimum atomic E-state index is -1.82. The third kappa shape index (κ3) is 7.21. The molecule has 1 saturated heterocycles. The number of aliphatic carboxylic acids is 2. The molecule has 4 rings (SSSR count). The lowest BCUT2D eigenvalue weighted by atomic mass is 10.1. The van der Waals surface area contributed by atoms with Crippen molar-refractivity contribution in [1.82, 2.24) is 14.9 Å². The van der Waals surface area contributed by atoms with Crippen molar-refractivity contribution in [3.8, 4) is 11.3 Å². The van der Waals surface area contributed by atoms with Crippen molar-refractivity contribution in [3.05, 3.63) is 54.4 Å². The molecule has 0 amide bonds. The number of hydrogen-bond donors (Lipinski definition) is 2. The highest BCUT2D eigenvalue weighted by molar-refractivity contribution is 6.27. The van der Waals surface area contributed by atoms with E-state index in [1.807, 2.05) is 6.20 Å². The van der Waals surface area contributed by atoms with Crippen LogP contribution in [-0.2, 0) is 20.7 Å². The van der Waals surface area contributed by atoms with Gasteiger partial charge in [0.15, 0.2) is 0 Å². The van der Waals surface area contributed by atoms with E-state index in [0.29, 0.717) is 0 Å². The average molecular weight is 481 g/mol. The molecule has 186 valence electrons. The minimum Gasteiger partial charge on any atom is -0.473 e. The van der Waals surface area contributed by atoms with Gasteiger partial charge >= 0.3 is 11.9 Å². The predicted molar refractivity (Wildman–Crippen MR) is 135 cm³/mol. The Morgan fingerprint density at radius 1 is 1.03 bits per heavy atom. The van der Waals surface area contributed by atoms with Crippen LogP contribution in [0.15, 0.2) is 48.7 Å². The fraction of sp³-hybridized carbons (Fsp3) is 0.385. The van der Waals surface area contributed by atoms with E-state index in [1.165, 1.54) is 10.8 Å². The first kappa shape index (κ1) is 26.1. The molecule has 0 spiro atoms. The number of nitrogens with zero attached hydrogens (tertiary/aromatic N) is 4. The molecule has 2 aromatic heterocycles. The van der Waals surface area contributed by atoms with Crippen LogP contribution in [-0.4, -0.2) is 83.5 Å². The van der Waals surface area contributed by atoms with Crippen LogP contribution in [0.2, 0.25) is 0 Å². The van der Waals surface area contributed by atoms with Crippen LogP contribution in [0.5, 0.6) is 0 Å². The van der Waals surface area contributed by atoms with Gasteiger partial charge in [0.1, 0.15) is 5.82 Å². The van der Waals surface area contributed by atoms with Crippen molar-refractivity contribution < 1.29 is 24.5 Å². The summed E-state index contributed by atoms with van der Waals surface area (Å²) < 4.78 is 5.14. The van der Waals surface area contributed by atoms with Crippen LogP contribution < -0.4 is 4.90 Å². The molecule has 1 aromatic carbocycles. The third-order valence-corrected chi connectivity index (χ3v) is 5.92. The maximum absolute atomic E-state index is 9.10. The number of anilines is 1. The second-order valence-electron chi connectivity index (χ2n) is 8.22. The Morgan fingerprint density at radius 3 is 2.34 bits per heavy atom. The first-order valence-corrected chi connectivity index (χ1v) is 11.7. The SMILES string of the molecule is CCN1CCN(c2nc(-c3ccc(CCCOC)nc3)cc3ccccc23)CC1.O=C(O)C(=O)O. The van der Waals surface area contributed by atoms with E-state index in [2.05, 4.69) is 64.2 Å². The molecule has 9 nitrogen and oxygen atoms in total. The Hall–Kier alpha value is -3.56. The molecule has 0 atom stereocenters. The standard InChI is InChI=1S/C24H30N4O.C2H2O4/c1-3-27-12-14-28(15-13-27)24-22-9-5-4-7-19(22)17-23(26-24)20-10-11-21(25-18-20)8-6-16-29-2;3-1(4)2(5)6/h4-5,7,9-11,17-18H,3,6,8,12-16H2,1-2H3;(H,3,4)(H,5,6). The van der Waals surface area contributed by atoms with Gasteiger partial charge in [0.25, 0.3) is 0 Å². The van der Waals surface area contributed by atoms with Gasteiger partial charge in [-0.2, -0.15) is 0 Å². The number of benzene rings is 1. The van der Waals surface area contributed by atoms with Crippen LogP contribution in [0.25, 0.3) is 22.0 Å². The fourth-order valence-electron chi connectivity index (χ4n) is 3.97. The summed E-state index contributed by atoms with van der Waals surface area (Å²) in [7, 11) is 1.74. The Labute approximate surface area is 205 Å². The summed E-state index contributed by atoms with van der Waals surface area (Å²) in [6.45, 7) is 8.34. The van der Waals surface area contributed by atoms with Crippen molar-refractivity contribution in [2.45, 2.75) is 19.8 Å². The van der Waals surface area contributed by atoms with Gasteiger partial charge < -0.3 is 24.7 Å². The van der Waals surface area contributed by atoms with Gasteiger partial charge in [-0.3, -0.25) is 4.98 Å². The topological polar surface area (TPSA) is 116 Å². The molecule has 3 heterocycles. The molecule has 0 aliphatic carbocycles. The number of carbonyl (C=O) groups is 2. The van der Waals surface area contributed by atoms with Crippen LogP contribution in [0.3, 0.4) is 0 Å². The zero-order chi connectivity index (χ0) is 25.2. The Morgan fingerprint density at radius 2 is 1.74 bits per heavy atom. The highest BCUT2D eigenvalue weighted by Gasteiger charge is 2.19. The van der Waals surface area contributed by atoms with E-state index < -0.39 is 11.9 Å². The number of likely N-dealkylation sites (N-methyl/N-ethyl adjacent to an activating group) is 1. The summed E-state index contributed by atoms with van der Waals surface area (Å²) in [5, 5.41) is 17.2. The number of hydrogen-bond acceptors (Lipinski definition) is 7. The van der Waals surface area contributed by atoms with Gasteiger partial charge in [-0.05, 0) is 43.0 Å². The van der Waals surface area contributed by atoms with Crippen molar-refractivity contribution in [2.24, 2.45) is 0 Å². The second kappa shape index (κ2) is 12.8. The Balaban J connectivity index is 0.000000509. The largest absolute Gasteiger partial charge is 0.473 e. The molecule has 3 aromatic rings. The molecule has 1 aliphatic heterocycles. The zero-order valence-corrected chi connectivity index (χ0v) is 20.2. The third-order valence-electron chi connectivity index (χ3n) is 5.92. The quantitative estimate of drug-likeness (QED) is 0.388. The maximum atomic E-state index is 9.10. The van der Waals surface area contributed by atoms with Gasteiger partial charge in [0.05, 0.1) is 5.69 Å². The molecule has 0 radical (unpaired) electrons. The number of piperazine rings is 1. The molecule has 0 bridgehead atoms. The highest BCUT2D eigenvalue weighted by atomic mass is 16.5. The summed E-state index contributed by atoms with van der Waals surface area (Å²) in [6.07, 6.45) is 3.88. The molecule has 0 unspecified atom stereocenters. The summed E-state index contributed by atoms with van der Waals surface area (Å²) in [4.78, 5) is 32.9. The highest BCUT2D eigenvalue weighted by Crippen LogP contribution is 2.30. The number of aryl methyl sites for hydroxylation is 1. The lowest BCUT2D eigenvalue weighted by Gasteiger charge is -2.35. The van der Waals surface area contributed by atoms with Crippen LogP contribution in [0.4, 0.5) is 5.82 Å². The van der Waals surface area contributed by atoms with Gasteiger partial charge in [-0.1, -0.05) is 31.2 Å². The smallest absolute Gasteiger partial charge is 0.414 e. The number of ether oxygens (including phenoxy) is 1. The van der Waals surface area contributed by atoms with Crippen LogP contribution in [0, 0.1) is 0 Å². The molecule has 0 saturated carbocycles. The first-order chi connectivity index (χ1) is 16.9. The number of aromatic nitrogens is 2. The number of pyridine rings is 2. The normalized spacial score (nSPS) is 13.8. The van der Waals surface area contributed by atoms with Crippen molar-refractivity contribution in [3.63, 3.8) is 0 Å². The van der Waals surface area contributed by atoms with Crippen molar-refractivity contribution in [1.29, 1.82) is 0 Å². The minimum absolute atomic E-state index is 0.768. The monoisotopic (exact) mass is 480 g/mol. The zero-order valence-electron chi connectivity index (χ0n) is 20.2. The Kier molecular flexibility index (Phi) is 9.51. The molecule has 9 heteroatoms. The van der Waals surface area contributed by atoms with Gasteiger partial charge in [-0.15, -0.1) is 0 Å². The first-order valence-electron chi connectivity index (χ1n) is 11.7. The number of carboxylic acids is 2. The molecule has 1 fully saturated rings. The number of rotatable bonds is 7. The van der Waals surface area contributed by atoms with Gasteiger partial charge in [0, 0.05) is 62.7 Å². The summed E-state index contributed by atoms with van der Waals surface area (Å²) in [5.74, 6) is -2.55. The average Bonchev–Trinajstić information content (AvgIpc) is 2.89. The lowest BCUT2D eigenvalue weighted by Crippen LogP contribution is -2.46. The number of carboxylic acid groups (broad SMARTS) is 2. The lowest BCUT2D eigenvalue weighted by molar-refractivity contribution is -0.159. The van der Waals surface area contributed by atoms with Gasteiger partial charge in [0.2, 0.25) is 0 Å². The Bertz CT molecular complexity index is 1120. The van der Waals surface area contributed by atoms with Crippen molar-refractivity contribution in [2.75, 3.05) is 51.3 Å². The predicted octanol–water partition coefficient (Wildman–Crippen LogP) is 3.17. The van der Waals surface area contributed by atoms with E-state index in [-0.39, 0.29) is 0 Å². The molecular weight excluding hydrogens is 448 g/mol. The van der Waals surface area contributed by atoms with Crippen LogP contribution in [0.1, 0.15) is 19.0 Å². The fourth-order valence-corrected chi connectivity index (χ4v) is 3.97. The van der Waals surface area contributed by atoms with Gasteiger partial charge in [-0.25, -0.2) is 14.6 Å². The molecule has 2 N–H and O–H groups in total. The van der Waals surface area contributed by atoms with E-state index in [1.54, 1.807) is 7.11 Å². The molecule has 1 aliphatic rings. The van der Waals surface area contributed by atoms with Crippen LogP contribution >= 0.6 is 0 Å². The number of fused-ring (bicyclic) bond motifs is 1. The summed E-state index contributed by atoms with van der Waals surface area (Å²) in [6, 6.07) is 15.0. The van der Waals surface area contributed by atoms with E-state index in [4.69, 9.17) is 29.5 Å². The summed E-state index contributed by atoms with van der Waals surface area (Å²) in [5.41, 5.74) is 3.16. The maximum Gasteiger partial charge on any atom is 0.414 e. The summed E-state index contributed by atoms with van der Waals surface area (Å²) >= 11 is 0. The van der Waals surface area contributed by atoms with E-state index in [9.17, 15) is 0 Å².